The van der Waals surface area contributed by atoms with E-state index in [-0.39, 0.29) is 11.2 Å². The van der Waals surface area contributed by atoms with E-state index in [4.69, 9.17) is 0 Å². The van der Waals surface area contributed by atoms with E-state index in [2.05, 4.69) is 22.2 Å². The predicted molar refractivity (Wildman–Crippen MR) is 67.8 cm³/mol. The van der Waals surface area contributed by atoms with E-state index in [1.54, 1.807) is 7.05 Å². The van der Waals surface area contributed by atoms with Crippen molar-refractivity contribution in [3.63, 3.8) is 0 Å². The van der Waals surface area contributed by atoms with Crippen molar-refractivity contribution < 1.29 is 0 Å². The molecule has 1 aliphatic carbocycles. The summed E-state index contributed by atoms with van der Waals surface area (Å²) in [4.78, 5) is 30.9. The van der Waals surface area contributed by atoms with Crippen molar-refractivity contribution in [3.8, 4) is 0 Å². The molecule has 0 saturated heterocycles. The van der Waals surface area contributed by atoms with Crippen molar-refractivity contribution in [1.82, 2.24) is 19.1 Å². The molecule has 0 amide bonds. The number of hydrogen-bond donors (Lipinski definition) is 2. The lowest BCUT2D eigenvalue weighted by atomic mass is 10.5. The van der Waals surface area contributed by atoms with Gasteiger partial charge < -0.3 is 10.3 Å². The third-order valence-corrected chi connectivity index (χ3v) is 3.53. The molecule has 0 aromatic carbocycles. The molecule has 2 aromatic heterocycles. The minimum absolute atomic E-state index is 0.350. The Labute approximate surface area is 102 Å². The van der Waals surface area contributed by atoms with E-state index in [1.807, 2.05) is 0 Å². The van der Waals surface area contributed by atoms with Gasteiger partial charge in [-0.1, -0.05) is 6.92 Å². The molecule has 7 nitrogen and oxygen atoms in total. The molecule has 2 unspecified atom stereocenters. The number of hydrogen-bond acceptors (Lipinski definition) is 4. The third kappa shape index (κ3) is 1.47. The average Bonchev–Trinajstić information content (AvgIpc) is 2.87. The first-order valence-electron chi connectivity index (χ1n) is 5.91. The molecule has 1 fully saturated rings. The van der Waals surface area contributed by atoms with Gasteiger partial charge >= 0.3 is 5.69 Å². The quantitative estimate of drug-likeness (QED) is 0.770. The summed E-state index contributed by atoms with van der Waals surface area (Å²) in [6.07, 6.45) is 1.11. The molecule has 7 heteroatoms. The fourth-order valence-corrected chi connectivity index (χ4v) is 2.09. The molecule has 1 aliphatic rings. The van der Waals surface area contributed by atoms with E-state index < -0.39 is 0 Å². The van der Waals surface area contributed by atoms with Gasteiger partial charge in [-0.25, -0.2) is 4.79 Å². The molecule has 0 radical (unpaired) electrons. The molecular formula is C11H15N5O2. The highest BCUT2D eigenvalue weighted by Gasteiger charge is 2.33. The summed E-state index contributed by atoms with van der Waals surface area (Å²) in [7, 11) is 3.06. The number of H-pyrrole nitrogens is 1. The molecule has 96 valence electrons. The monoisotopic (exact) mass is 249 g/mol. The number of imidazole rings is 1. The summed E-state index contributed by atoms with van der Waals surface area (Å²) in [5.74, 6) is 1.18. The van der Waals surface area contributed by atoms with Crippen molar-refractivity contribution in [1.29, 1.82) is 0 Å². The number of nitrogens with zero attached hydrogens (tertiary/aromatic N) is 3. The van der Waals surface area contributed by atoms with Gasteiger partial charge in [0.05, 0.1) is 0 Å². The van der Waals surface area contributed by atoms with Gasteiger partial charge in [0.15, 0.2) is 11.2 Å². The lowest BCUT2D eigenvalue weighted by Gasteiger charge is -2.00. The van der Waals surface area contributed by atoms with Crippen molar-refractivity contribution in [3.05, 3.63) is 20.8 Å². The van der Waals surface area contributed by atoms with Gasteiger partial charge in [-0.3, -0.25) is 13.9 Å². The van der Waals surface area contributed by atoms with Gasteiger partial charge in [-0.15, -0.1) is 0 Å². The Balaban J connectivity index is 2.17. The molecular weight excluding hydrogens is 234 g/mol. The highest BCUT2D eigenvalue weighted by molar-refractivity contribution is 5.72. The Morgan fingerprint density at radius 3 is 2.61 bits per heavy atom. The summed E-state index contributed by atoms with van der Waals surface area (Å²) in [6.45, 7) is 2.15. The summed E-state index contributed by atoms with van der Waals surface area (Å²) >= 11 is 0. The first kappa shape index (κ1) is 11.1. The summed E-state index contributed by atoms with van der Waals surface area (Å²) in [5.41, 5.74) is 0.0251. The molecule has 2 N–H and O–H groups in total. The predicted octanol–water partition coefficient (Wildman–Crippen LogP) is -0.219. The topological polar surface area (TPSA) is 84.7 Å². The van der Waals surface area contributed by atoms with Crippen LogP contribution >= 0.6 is 0 Å². The standard InChI is InChI=1S/C11H15N5O2/c1-5-4-6(5)12-10-13-7-8(14-10)15(2)11(18)16(3)9(7)17/h5-6H,4H2,1-3H3,(H2,12,13,14). The van der Waals surface area contributed by atoms with Gasteiger partial charge in [0.2, 0.25) is 5.95 Å². The van der Waals surface area contributed by atoms with E-state index in [1.165, 1.54) is 11.6 Å². The van der Waals surface area contributed by atoms with E-state index >= 15 is 0 Å². The SMILES string of the molecule is CC1CC1Nc1nc2c([nH]1)c(=O)n(C)c(=O)n2C. The number of aromatic nitrogens is 4. The zero-order valence-electron chi connectivity index (χ0n) is 10.5. The van der Waals surface area contributed by atoms with Gasteiger partial charge in [0.25, 0.3) is 5.56 Å². The van der Waals surface area contributed by atoms with Crippen molar-refractivity contribution in [2.24, 2.45) is 20.0 Å². The van der Waals surface area contributed by atoms with Crippen LogP contribution in [0, 0.1) is 5.92 Å². The second kappa shape index (κ2) is 3.47. The Morgan fingerprint density at radius 2 is 2.00 bits per heavy atom. The molecule has 0 spiro atoms. The number of fused-ring (bicyclic) bond motifs is 1. The van der Waals surface area contributed by atoms with Gasteiger partial charge in [-0.05, 0) is 12.3 Å². The molecule has 2 heterocycles. The van der Waals surface area contributed by atoms with Crippen LogP contribution in [-0.4, -0.2) is 25.1 Å². The fraction of sp³-hybridized carbons (Fsp3) is 0.545. The Hall–Kier alpha value is -2.05. The van der Waals surface area contributed by atoms with Crippen molar-refractivity contribution in [2.45, 2.75) is 19.4 Å². The van der Waals surface area contributed by atoms with E-state index in [9.17, 15) is 9.59 Å². The van der Waals surface area contributed by atoms with Gasteiger partial charge in [0, 0.05) is 20.1 Å². The third-order valence-electron chi connectivity index (χ3n) is 3.53. The first-order chi connectivity index (χ1) is 8.49. The number of aryl methyl sites for hydroxylation is 1. The maximum Gasteiger partial charge on any atom is 0.332 e. The lowest BCUT2D eigenvalue weighted by Crippen LogP contribution is -2.36. The van der Waals surface area contributed by atoms with Crippen LogP contribution in [0.15, 0.2) is 9.59 Å². The number of anilines is 1. The molecule has 2 atom stereocenters. The van der Waals surface area contributed by atoms with Crippen LogP contribution in [0.25, 0.3) is 11.2 Å². The summed E-state index contributed by atoms with van der Waals surface area (Å²) in [5, 5.41) is 3.22. The lowest BCUT2D eigenvalue weighted by molar-refractivity contribution is 0.709. The maximum atomic E-state index is 11.9. The minimum Gasteiger partial charge on any atom is -0.353 e. The molecule has 0 aliphatic heterocycles. The number of aromatic amines is 1. The van der Waals surface area contributed by atoms with Crippen molar-refractivity contribution in [2.75, 3.05) is 5.32 Å². The van der Waals surface area contributed by atoms with Crippen LogP contribution in [0.1, 0.15) is 13.3 Å². The Bertz CT molecular complexity index is 738. The normalized spacial score (nSPS) is 22.4. The smallest absolute Gasteiger partial charge is 0.332 e. The first-order valence-corrected chi connectivity index (χ1v) is 5.91. The second-order valence-corrected chi connectivity index (χ2v) is 4.95. The largest absolute Gasteiger partial charge is 0.353 e. The highest BCUT2D eigenvalue weighted by atomic mass is 16.2. The molecule has 18 heavy (non-hydrogen) atoms. The average molecular weight is 249 g/mol. The number of rotatable bonds is 2. The van der Waals surface area contributed by atoms with E-state index in [0.29, 0.717) is 29.1 Å². The second-order valence-electron chi connectivity index (χ2n) is 4.95. The summed E-state index contributed by atoms with van der Waals surface area (Å²) < 4.78 is 2.44. The Kier molecular flexibility index (Phi) is 2.13. The van der Waals surface area contributed by atoms with Gasteiger partial charge in [-0.2, -0.15) is 4.98 Å². The Morgan fingerprint density at radius 1 is 1.33 bits per heavy atom. The van der Waals surface area contributed by atoms with Crippen molar-refractivity contribution >= 4 is 17.1 Å². The van der Waals surface area contributed by atoms with Crippen LogP contribution in [-0.2, 0) is 14.1 Å². The molecule has 2 aromatic rings. The van der Waals surface area contributed by atoms with E-state index in [0.717, 1.165) is 11.0 Å². The molecule has 1 saturated carbocycles. The molecule has 3 rings (SSSR count). The molecule has 0 bridgehead atoms. The van der Waals surface area contributed by atoms with Crippen LogP contribution in [0.5, 0.6) is 0 Å². The number of nitrogens with one attached hydrogen (secondary N) is 2. The van der Waals surface area contributed by atoms with Gasteiger partial charge in [0.1, 0.15) is 0 Å². The minimum atomic E-state index is -0.370. The van der Waals surface area contributed by atoms with Crippen LogP contribution < -0.4 is 16.6 Å². The van der Waals surface area contributed by atoms with Crippen LogP contribution in [0.4, 0.5) is 5.95 Å². The zero-order valence-corrected chi connectivity index (χ0v) is 10.5. The highest BCUT2D eigenvalue weighted by Crippen LogP contribution is 2.31. The fourth-order valence-electron chi connectivity index (χ4n) is 2.09. The van der Waals surface area contributed by atoms with Crippen LogP contribution in [0.3, 0.4) is 0 Å². The van der Waals surface area contributed by atoms with Crippen LogP contribution in [0.2, 0.25) is 0 Å². The summed E-state index contributed by atoms with van der Waals surface area (Å²) in [6, 6.07) is 0.409. The zero-order chi connectivity index (χ0) is 13.0. The maximum absolute atomic E-state index is 11.9.